The lowest BCUT2D eigenvalue weighted by molar-refractivity contribution is 0.339. The molecule has 1 heterocycles. The maximum absolute atomic E-state index is 5.64. The predicted octanol–water partition coefficient (Wildman–Crippen LogP) is 2.99. The van der Waals surface area contributed by atoms with Gasteiger partial charge in [-0.2, -0.15) is 0 Å². The van der Waals surface area contributed by atoms with Crippen molar-refractivity contribution in [2.24, 2.45) is 5.84 Å². The molecule has 0 amide bonds. The molecule has 96 valence electrons. The number of rotatable bonds is 5. The van der Waals surface area contributed by atoms with Crippen molar-refractivity contribution in [1.29, 1.82) is 0 Å². The first kappa shape index (κ1) is 13.1. The molecule has 0 aliphatic rings. The fourth-order valence-corrected chi connectivity index (χ4v) is 2.30. The van der Waals surface area contributed by atoms with Gasteiger partial charge in [0.05, 0.1) is 18.9 Å². The van der Waals surface area contributed by atoms with E-state index in [1.165, 1.54) is 0 Å². The van der Waals surface area contributed by atoms with Crippen LogP contribution in [0.3, 0.4) is 0 Å². The van der Waals surface area contributed by atoms with Gasteiger partial charge in [0.25, 0.3) is 0 Å². The average molecular weight is 311 g/mol. The Hall–Kier alpha value is -1.30. The quantitative estimate of drug-likeness (QED) is 0.658. The van der Waals surface area contributed by atoms with E-state index in [9.17, 15) is 0 Å². The summed E-state index contributed by atoms with van der Waals surface area (Å²) in [5.41, 5.74) is 4.75. The molecule has 0 aliphatic carbocycles. The highest BCUT2D eigenvalue weighted by atomic mass is 79.9. The van der Waals surface area contributed by atoms with Crippen LogP contribution in [-0.4, -0.2) is 6.61 Å². The maximum Gasteiger partial charge on any atom is 0.174 e. The summed E-state index contributed by atoms with van der Waals surface area (Å²) in [7, 11) is 0. The summed E-state index contributed by atoms with van der Waals surface area (Å²) in [6.45, 7) is 2.59. The van der Waals surface area contributed by atoms with Gasteiger partial charge in [0, 0.05) is 5.56 Å². The number of halogens is 1. The number of hydrogen-bond donors (Lipinski definition) is 2. The van der Waals surface area contributed by atoms with E-state index in [0.717, 1.165) is 16.9 Å². The van der Waals surface area contributed by atoms with Crippen LogP contribution in [0.2, 0.25) is 0 Å². The van der Waals surface area contributed by atoms with Crippen LogP contribution < -0.4 is 16.0 Å². The highest BCUT2D eigenvalue weighted by molar-refractivity contribution is 9.10. The summed E-state index contributed by atoms with van der Waals surface area (Å²) in [5, 5.41) is 0. The summed E-state index contributed by atoms with van der Waals surface area (Å²) >= 11 is 3.36. The van der Waals surface area contributed by atoms with Crippen molar-refractivity contribution in [2.45, 2.75) is 13.0 Å². The Balaban J connectivity index is 2.33. The highest BCUT2D eigenvalue weighted by Gasteiger charge is 2.17. The number of benzene rings is 1. The van der Waals surface area contributed by atoms with Crippen LogP contribution in [-0.2, 0) is 0 Å². The third-order valence-corrected chi connectivity index (χ3v) is 3.27. The van der Waals surface area contributed by atoms with Crippen LogP contribution in [0.1, 0.15) is 24.1 Å². The van der Waals surface area contributed by atoms with Crippen molar-refractivity contribution >= 4 is 15.9 Å². The summed E-state index contributed by atoms with van der Waals surface area (Å²) in [4.78, 5) is 0. The van der Waals surface area contributed by atoms with Crippen LogP contribution in [0.15, 0.2) is 45.7 Å². The molecule has 2 rings (SSSR count). The van der Waals surface area contributed by atoms with Gasteiger partial charge in [-0.3, -0.25) is 5.84 Å². The van der Waals surface area contributed by atoms with E-state index in [-0.39, 0.29) is 6.04 Å². The molecule has 2 aromatic rings. The smallest absolute Gasteiger partial charge is 0.174 e. The van der Waals surface area contributed by atoms with Crippen LogP contribution in [0.25, 0.3) is 0 Å². The Labute approximate surface area is 114 Å². The molecular weight excluding hydrogens is 296 g/mol. The maximum atomic E-state index is 5.64. The Morgan fingerprint density at radius 3 is 2.89 bits per heavy atom. The van der Waals surface area contributed by atoms with Crippen LogP contribution in [0, 0.1) is 0 Å². The minimum absolute atomic E-state index is 0.140. The molecule has 0 spiro atoms. The normalized spacial score (nSPS) is 12.4. The Kier molecular flexibility index (Phi) is 4.41. The molecule has 1 unspecified atom stereocenters. The number of hydrogen-bond acceptors (Lipinski definition) is 4. The fraction of sp³-hybridized carbons (Fsp3) is 0.231. The third-order valence-electron chi connectivity index (χ3n) is 2.63. The Morgan fingerprint density at radius 2 is 2.28 bits per heavy atom. The van der Waals surface area contributed by atoms with Gasteiger partial charge in [0.2, 0.25) is 0 Å². The molecule has 5 heteroatoms. The van der Waals surface area contributed by atoms with Crippen LogP contribution >= 0.6 is 15.9 Å². The van der Waals surface area contributed by atoms with Crippen molar-refractivity contribution < 1.29 is 9.15 Å². The largest absolute Gasteiger partial charge is 0.494 e. The Bertz CT molecular complexity index is 513. The lowest BCUT2D eigenvalue weighted by Crippen LogP contribution is -2.28. The van der Waals surface area contributed by atoms with Crippen molar-refractivity contribution in [1.82, 2.24) is 5.43 Å². The first-order valence-electron chi connectivity index (χ1n) is 5.68. The molecule has 0 saturated heterocycles. The first-order chi connectivity index (χ1) is 8.76. The number of ether oxygens (including phenoxy) is 1. The minimum atomic E-state index is -0.140. The van der Waals surface area contributed by atoms with Crippen LogP contribution in [0.5, 0.6) is 5.75 Å². The molecule has 18 heavy (non-hydrogen) atoms. The van der Waals surface area contributed by atoms with Gasteiger partial charge >= 0.3 is 0 Å². The first-order valence-corrected chi connectivity index (χ1v) is 6.47. The molecule has 0 saturated carbocycles. The van der Waals surface area contributed by atoms with Gasteiger partial charge in [-0.25, -0.2) is 5.43 Å². The third kappa shape index (κ3) is 2.75. The molecule has 3 N–H and O–H groups in total. The second-order valence-electron chi connectivity index (χ2n) is 3.75. The van der Waals surface area contributed by atoms with Crippen molar-refractivity contribution in [2.75, 3.05) is 6.61 Å². The van der Waals surface area contributed by atoms with Crippen molar-refractivity contribution in [3.63, 3.8) is 0 Å². The summed E-state index contributed by atoms with van der Waals surface area (Å²) < 4.78 is 11.4. The summed E-state index contributed by atoms with van der Waals surface area (Å²) in [6, 6.07) is 9.56. The predicted molar refractivity (Wildman–Crippen MR) is 73.2 cm³/mol. The summed E-state index contributed by atoms with van der Waals surface area (Å²) in [5.74, 6) is 6.46. The van der Waals surface area contributed by atoms with E-state index >= 15 is 0 Å². The molecule has 0 aliphatic heterocycles. The second kappa shape index (κ2) is 6.04. The lowest BCUT2D eigenvalue weighted by atomic mass is 10.0. The zero-order valence-corrected chi connectivity index (χ0v) is 11.6. The van der Waals surface area contributed by atoms with Gasteiger partial charge in [0.1, 0.15) is 5.75 Å². The van der Waals surface area contributed by atoms with Crippen LogP contribution in [0.4, 0.5) is 0 Å². The zero-order valence-electron chi connectivity index (χ0n) is 10.0. The van der Waals surface area contributed by atoms with Gasteiger partial charge in [-0.15, -0.1) is 0 Å². The topological polar surface area (TPSA) is 60.4 Å². The van der Waals surface area contributed by atoms with Crippen molar-refractivity contribution in [3.05, 3.63) is 52.4 Å². The van der Waals surface area contributed by atoms with Gasteiger partial charge in [-0.05, 0) is 46.6 Å². The zero-order chi connectivity index (χ0) is 13.0. The standard InChI is InChI=1S/C13H15BrN2O2/c1-2-17-10-5-3-4-9(8-10)12(16-15)11-6-7-18-13(11)14/h3-8,12,16H,2,15H2,1H3. The molecular formula is C13H15BrN2O2. The monoisotopic (exact) mass is 310 g/mol. The van der Waals surface area contributed by atoms with E-state index in [1.54, 1.807) is 6.26 Å². The number of hydrazine groups is 1. The Morgan fingerprint density at radius 1 is 1.44 bits per heavy atom. The van der Waals surface area contributed by atoms with Crippen molar-refractivity contribution in [3.8, 4) is 5.75 Å². The fourth-order valence-electron chi connectivity index (χ4n) is 1.83. The molecule has 1 atom stereocenters. The van der Waals surface area contributed by atoms with E-state index in [4.69, 9.17) is 15.0 Å². The molecule has 0 radical (unpaired) electrons. The number of furan rings is 1. The number of nitrogens with two attached hydrogens (primary N) is 1. The van der Waals surface area contributed by atoms with Gasteiger partial charge in [0.15, 0.2) is 4.67 Å². The number of nitrogens with one attached hydrogen (secondary N) is 1. The molecule has 1 aromatic carbocycles. The summed E-state index contributed by atoms with van der Waals surface area (Å²) in [6.07, 6.45) is 1.62. The highest BCUT2D eigenvalue weighted by Crippen LogP contribution is 2.30. The van der Waals surface area contributed by atoms with Gasteiger partial charge < -0.3 is 9.15 Å². The van der Waals surface area contributed by atoms with E-state index in [2.05, 4.69) is 21.4 Å². The van der Waals surface area contributed by atoms with E-state index in [0.29, 0.717) is 11.3 Å². The second-order valence-corrected chi connectivity index (χ2v) is 4.48. The van der Waals surface area contributed by atoms with E-state index < -0.39 is 0 Å². The van der Waals surface area contributed by atoms with Gasteiger partial charge in [-0.1, -0.05) is 12.1 Å². The average Bonchev–Trinajstić information content (AvgIpc) is 2.78. The molecule has 4 nitrogen and oxygen atoms in total. The SMILES string of the molecule is CCOc1cccc(C(NN)c2ccoc2Br)c1. The lowest BCUT2D eigenvalue weighted by Gasteiger charge is -2.16. The molecule has 0 bridgehead atoms. The minimum Gasteiger partial charge on any atom is -0.494 e. The molecule has 0 fully saturated rings. The van der Waals surface area contributed by atoms with E-state index in [1.807, 2.05) is 37.3 Å². The molecule has 1 aromatic heterocycles.